The van der Waals surface area contributed by atoms with E-state index >= 15 is 0 Å². The zero-order valence-corrected chi connectivity index (χ0v) is 13.5. The molecule has 1 heterocycles. The Bertz CT molecular complexity index is 342. The number of rotatable bonds is 6. The van der Waals surface area contributed by atoms with Gasteiger partial charge in [0.15, 0.2) is 5.96 Å². The molecular formula is C16H30N4O. The second-order valence-corrected chi connectivity index (χ2v) is 6.02. The van der Waals surface area contributed by atoms with Gasteiger partial charge in [-0.15, -0.1) is 0 Å². The van der Waals surface area contributed by atoms with E-state index < -0.39 is 0 Å². The summed E-state index contributed by atoms with van der Waals surface area (Å²) < 4.78 is 5.39. The minimum atomic E-state index is 0.511. The fourth-order valence-corrected chi connectivity index (χ4v) is 2.78. The summed E-state index contributed by atoms with van der Waals surface area (Å²) >= 11 is 0. The standard InChI is InChI=1S/C16H30N4O/c1-3-17-16(19-15-6-4-5-7-15)18-12-14(2)13-20-8-10-21-11-9-20/h4-5,14-15H,3,6-13H2,1-2H3,(H2,17,18,19). The Morgan fingerprint density at radius 2 is 2.05 bits per heavy atom. The van der Waals surface area contributed by atoms with Gasteiger partial charge in [0.05, 0.1) is 13.2 Å². The molecule has 2 rings (SSSR count). The van der Waals surface area contributed by atoms with Gasteiger partial charge in [0.25, 0.3) is 0 Å². The first-order valence-corrected chi connectivity index (χ1v) is 8.28. The molecule has 5 heteroatoms. The molecule has 0 aromatic rings. The summed E-state index contributed by atoms with van der Waals surface area (Å²) in [6.45, 7) is 11.1. The molecule has 1 aliphatic heterocycles. The van der Waals surface area contributed by atoms with Gasteiger partial charge in [-0.05, 0) is 25.7 Å². The topological polar surface area (TPSA) is 48.9 Å². The monoisotopic (exact) mass is 294 g/mol. The van der Waals surface area contributed by atoms with Crippen LogP contribution in [0.25, 0.3) is 0 Å². The van der Waals surface area contributed by atoms with Crippen molar-refractivity contribution in [1.29, 1.82) is 0 Å². The van der Waals surface area contributed by atoms with Crippen LogP contribution in [-0.2, 0) is 4.74 Å². The van der Waals surface area contributed by atoms with Crippen molar-refractivity contribution in [3.8, 4) is 0 Å². The van der Waals surface area contributed by atoms with Gasteiger partial charge in [0.1, 0.15) is 0 Å². The van der Waals surface area contributed by atoms with E-state index in [-0.39, 0.29) is 0 Å². The summed E-state index contributed by atoms with van der Waals surface area (Å²) in [6.07, 6.45) is 6.69. The molecule has 2 N–H and O–H groups in total. The zero-order chi connectivity index (χ0) is 14.9. The van der Waals surface area contributed by atoms with Crippen LogP contribution >= 0.6 is 0 Å². The Hall–Kier alpha value is -1.07. The highest BCUT2D eigenvalue weighted by atomic mass is 16.5. The number of nitrogens with zero attached hydrogens (tertiary/aromatic N) is 2. The molecule has 0 bridgehead atoms. The maximum Gasteiger partial charge on any atom is 0.191 e. The molecule has 5 nitrogen and oxygen atoms in total. The van der Waals surface area contributed by atoms with Gasteiger partial charge >= 0.3 is 0 Å². The van der Waals surface area contributed by atoms with Crippen molar-refractivity contribution in [1.82, 2.24) is 15.5 Å². The quantitative estimate of drug-likeness (QED) is 0.439. The van der Waals surface area contributed by atoms with Crippen LogP contribution in [0.2, 0.25) is 0 Å². The summed E-state index contributed by atoms with van der Waals surface area (Å²) in [5.41, 5.74) is 0. The Morgan fingerprint density at radius 3 is 2.71 bits per heavy atom. The number of hydrogen-bond donors (Lipinski definition) is 2. The maximum atomic E-state index is 5.39. The van der Waals surface area contributed by atoms with Crippen LogP contribution < -0.4 is 10.6 Å². The molecule has 1 saturated heterocycles. The first-order chi connectivity index (χ1) is 10.3. The molecule has 21 heavy (non-hydrogen) atoms. The van der Waals surface area contributed by atoms with Crippen molar-refractivity contribution in [2.45, 2.75) is 32.7 Å². The molecule has 1 fully saturated rings. The Balaban J connectivity index is 1.74. The highest BCUT2D eigenvalue weighted by molar-refractivity contribution is 5.80. The second-order valence-electron chi connectivity index (χ2n) is 6.02. The molecule has 0 spiro atoms. The molecule has 0 saturated carbocycles. The molecule has 2 aliphatic rings. The van der Waals surface area contributed by atoms with Crippen LogP contribution in [0.15, 0.2) is 17.1 Å². The minimum absolute atomic E-state index is 0.511. The lowest BCUT2D eigenvalue weighted by Gasteiger charge is -2.28. The third kappa shape index (κ3) is 6.06. The van der Waals surface area contributed by atoms with E-state index in [2.05, 4.69) is 41.5 Å². The normalized spacial score (nSPS) is 22.5. The van der Waals surface area contributed by atoms with Crippen LogP contribution in [0.4, 0.5) is 0 Å². The van der Waals surface area contributed by atoms with Crippen molar-refractivity contribution in [3.63, 3.8) is 0 Å². The van der Waals surface area contributed by atoms with Crippen molar-refractivity contribution < 1.29 is 4.74 Å². The molecule has 0 aromatic heterocycles. The smallest absolute Gasteiger partial charge is 0.191 e. The van der Waals surface area contributed by atoms with Crippen LogP contribution in [0, 0.1) is 5.92 Å². The Kier molecular flexibility index (Phi) is 7.03. The molecule has 1 unspecified atom stereocenters. The van der Waals surface area contributed by atoms with Gasteiger partial charge in [-0.2, -0.15) is 0 Å². The highest BCUT2D eigenvalue weighted by Crippen LogP contribution is 2.09. The van der Waals surface area contributed by atoms with Crippen LogP contribution in [0.3, 0.4) is 0 Å². The van der Waals surface area contributed by atoms with Gasteiger partial charge in [0.2, 0.25) is 0 Å². The van der Waals surface area contributed by atoms with Crippen molar-refractivity contribution in [3.05, 3.63) is 12.2 Å². The fraction of sp³-hybridized carbons (Fsp3) is 0.812. The number of guanidine groups is 1. The Morgan fingerprint density at radius 1 is 1.33 bits per heavy atom. The Labute approximate surface area is 128 Å². The third-order valence-electron chi connectivity index (χ3n) is 3.93. The molecule has 1 aliphatic carbocycles. The minimum Gasteiger partial charge on any atom is -0.379 e. The summed E-state index contributed by atoms with van der Waals surface area (Å²) in [4.78, 5) is 7.23. The maximum absolute atomic E-state index is 5.39. The average molecular weight is 294 g/mol. The number of morpholine rings is 1. The third-order valence-corrected chi connectivity index (χ3v) is 3.93. The fourth-order valence-electron chi connectivity index (χ4n) is 2.78. The number of nitrogens with one attached hydrogen (secondary N) is 2. The van der Waals surface area contributed by atoms with E-state index in [4.69, 9.17) is 9.73 Å². The van der Waals surface area contributed by atoms with Crippen LogP contribution in [-0.4, -0.2) is 62.8 Å². The molecule has 1 atom stereocenters. The predicted molar refractivity (Wildman–Crippen MR) is 87.7 cm³/mol. The average Bonchev–Trinajstić information content (AvgIpc) is 2.99. The van der Waals surface area contributed by atoms with Crippen molar-refractivity contribution >= 4 is 5.96 Å². The summed E-state index contributed by atoms with van der Waals surface area (Å²) in [6, 6.07) is 0.511. The van der Waals surface area contributed by atoms with E-state index in [1.165, 1.54) is 0 Å². The lowest BCUT2D eigenvalue weighted by Crippen LogP contribution is -2.43. The van der Waals surface area contributed by atoms with Gasteiger partial charge < -0.3 is 15.4 Å². The first kappa shape index (κ1) is 16.3. The SMILES string of the molecule is CCNC(=NCC(C)CN1CCOCC1)NC1CC=CC1. The van der Waals surface area contributed by atoms with Gasteiger partial charge in [-0.3, -0.25) is 9.89 Å². The summed E-state index contributed by atoms with van der Waals surface area (Å²) in [7, 11) is 0. The first-order valence-electron chi connectivity index (χ1n) is 8.28. The molecular weight excluding hydrogens is 264 g/mol. The lowest BCUT2D eigenvalue weighted by molar-refractivity contribution is 0.0323. The van der Waals surface area contributed by atoms with Gasteiger partial charge in [-0.25, -0.2) is 0 Å². The largest absolute Gasteiger partial charge is 0.379 e. The second kappa shape index (κ2) is 9.05. The summed E-state index contributed by atoms with van der Waals surface area (Å²) in [5, 5.41) is 6.86. The number of ether oxygens (including phenoxy) is 1. The number of hydrogen-bond acceptors (Lipinski definition) is 3. The highest BCUT2D eigenvalue weighted by Gasteiger charge is 2.14. The van der Waals surface area contributed by atoms with Gasteiger partial charge in [0, 0.05) is 38.8 Å². The van der Waals surface area contributed by atoms with E-state index in [1.807, 2.05) is 0 Å². The van der Waals surface area contributed by atoms with Crippen LogP contribution in [0.1, 0.15) is 26.7 Å². The van der Waals surface area contributed by atoms with E-state index in [1.54, 1.807) is 0 Å². The van der Waals surface area contributed by atoms with E-state index in [0.717, 1.165) is 64.7 Å². The van der Waals surface area contributed by atoms with E-state index in [0.29, 0.717) is 12.0 Å². The predicted octanol–water partition coefficient (Wildman–Crippen LogP) is 1.23. The van der Waals surface area contributed by atoms with Crippen LogP contribution in [0.5, 0.6) is 0 Å². The van der Waals surface area contributed by atoms with E-state index in [9.17, 15) is 0 Å². The van der Waals surface area contributed by atoms with Crippen molar-refractivity contribution in [2.24, 2.45) is 10.9 Å². The summed E-state index contributed by atoms with van der Waals surface area (Å²) in [5.74, 6) is 1.53. The molecule has 0 aromatic carbocycles. The van der Waals surface area contributed by atoms with Gasteiger partial charge in [-0.1, -0.05) is 19.1 Å². The molecule has 0 amide bonds. The lowest BCUT2D eigenvalue weighted by atomic mass is 10.1. The van der Waals surface area contributed by atoms with Crippen molar-refractivity contribution in [2.75, 3.05) is 45.9 Å². The zero-order valence-electron chi connectivity index (χ0n) is 13.5. The number of aliphatic imine (C=N–C) groups is 1. The molecule has 120 valence electrons. The molecule has 0 radical (unpaired) electrons.